The van der Waals surface area contributed by atoms with Crippen LogP contribution in [0.5, 0.6) is 0 Å². The molecule has 0 radical (unpaired) electrons. The summed E-state index contributed by atoms with van der Waals surface area (Å²) in [4.78, 5) is 0. The van der Waals surface area contributed by atoms with E-state index in [1.54, 1.807) is 0 Å². The minimum absolute atomic E-state index is 0.505. The van der Waals surface area contributed by atoms with Crippen LogP contribution in [-0.2, 0) is 4.43 Å². The van der Waals surface area contributed by atoms with Crippen LogP contribution >= 0.6 is 0 Å². The van der Waals surface area contributed by atoms with Gasteiger partial charge in [-0.25, -0.2) is 0 Å². The molecule has 0 bridgehead atoms. The van der Waals surface area contributed by atoms with E-state index in [0.29, 0.717) is 6.10 Å². The van der Waals surface area contributed by atoms with Gasteiger partial charge in [-0.15, -0.1) is 6.58 Å². The SMILES string of the molecule is C=CC[Si](C)(C)OC(CCCCCC)CCCCCCC. The first-order valence-corrected chi connectivity index (χ1v) is 12.5. The summed E-state index contributed by atoms with van der Waals surface area (Å²) in [5.74, 6) is 0. The molecule has 2 heteroatoms. The third-order valence-electron chi connectivity index (χ3n) is 4.13. The molecule has 1 atom stereocenters. The van der Waals surface area contributed by atoms with Crippen molar-refractivity contribution < 1.29 is 4.43 Å². The lowest BCUT2D eigenvalue weighted by Crippen LogP contribution is -2.35. The highest BCUT2D eigenvalue weighted by molar-refractivity contribution is 6.71. The number of unbranched alkanes of at least 4 members (excludes halogenated alkanes) is 7. The van der Waals surface area contributed by atoms with Gasteiger partial charge in [0.25, 0.3) is 0 Å². The van der Waals surface area contributed by atoms with E-state index in [0.717, 1.165) is 6.04 Å². The van der Waals surface area contributed by atoms with Gasteiger partial charge in [-0.05, 0) is 32.0 Å². The van der Waals surface area contributed by atoms with Crippen molar-refractivity contribution in [2.75, 3.05) is 0 Å². The van der Waals surface area contributed by atoms with E-state index in [4.69, 9.17) is 4.43 Å². The lowest BCUT2D eigenvalue weighted by Gasteiger charge is -2.29. The molecule has 0 aliphatic rings. The molecule has 0 aromatic heterocycles. The summed E-state index contributed by atoms with van der Waals surface area (Å²) < 4.78 is 6.53. The van der Waals surface area contributed by atoms with Crippen LogP contribution in [0.4, 0.5) is 0 Å². The lowest BCUT2D eigenvalue weighted by atomic mass is 10.0. The van der Waals surface area contributed by atoms with Crippen LogP contribution in [0, 0.1) is 0 Å². The second kappa shape index (κ2) is 13.6. The van der Waals surface area contributed by atoms with Crippen LogP contribution in [0.25, 0.3) is 0 Å². The Hall–Kier alpha value is -0.0831. The maximum atomic E-state index is 6.53. The predicted molar refractivity (Wildman–Crippen MR) is 99.5 cm³/mol. The van der Waals surface area contributed by atoms with Crippen molar-refractivity contribution in [1.82, 2.24) is 0 Å². The molecule has 0 aromatic rings. The summed E-state index contributed by atoms with van der Waals surface area (Å²) in [5, 5.41) is 0. The van der Waals surface area contributed by atoms with Gasteiger partial charge in [0, 0.05) is 6.10 Å². The fraction of sp³-hybridized carbons (Fsp3) is 0.895. The Balaban J connectivity index is 4.10. The fourth-order valence-corrected chi connectivity index (χ4v) is 4.81. The van der Waals surface area contributed by atoms with Crippen molar-refractivity contribution in [3.8, 4) is 0 Å². The second-order valence-electron chi connectivity index (χ2n) is 7.04. The number of hydrogen-bond donors (Lipinski definition) is 0. The Kier molecular flexibility index (Phi) is 13.5. The van der Waals surface area contributed by atoms with E-state index < -0.39 is 8.32 Å². The molecule has 0 saturated heterocycles. The molecular formula is C19H40OSi. The van der Waals surface area contributed by atoms with E-state index in [9.17, 15) is 0 Å². The first-order chi connectivity index (χ1) is 10.1. The third kappa shape index (κ3) is 13.3. The van der Waals surface area contributed by atoms with Gasteiger partial charge >= 0.3 is 0 Å². The van der Waals surface area contributed by atoms with Crippen LogP contribution in [0.1, 0.15) is 84.5 Å². The zero-order chi connectivity index (χ0) is 16.0. The van der Waals surface area contributed by atoms with E-state index in [2.05, 4.69) is 33.5 Å². The van der Waals surface area contributed by atoms with E-state index in [1.807, 2.05) is 6.08 Å². The molecule has 1 unspecified atom stereocenters. The first kappa shape index (κ1) is 20.9. The van der Waals surface area contributed by atoms with Gasteiger partial charge in [0.2, 0.25) is 0 Å². The Morgan fingerprint density at radius 3 is 1.81 bits per heavy atom. The molecule has 0 rings (SSSR count). The van der Waals surface area contributed by atoms with Gasteiger partial charge in [-0.1, -0.05) is 77.7 Å². The van der Waals surface area contributed by atoms with E-state index in [-0.39, 0.29) is 0 Å². The standard InChI is InChI=1S/C19H40OSi/c1-6-9-11-13-15-17-19(16-14-12-10-7-2)20-21(4,5)18-8-3/h8,19H,3,6-7,9-18H2,1-2,4-5H3. The lowest BCUT2D eigenvalue weighted by molar-refractivity contribution is 0.164. The molecule has 0 aromatic carbocycles. The van der Waals surface area contributed by atoms with Crippen molar-refractivity contribution in [2.45, 2.75) is 110 Å². The average Bonchev–Trinajstić information content (AvgIpc) is 2.42. The van der Waals surface area contributed by atoms with Gasteiger partial charge in [0.15, 0.2) is 8.32 Å². The molecule has 0 saturated carbocycles. The molecule has 21 heavy (non-hydrogen) atoms. The molecule has 0 N–H and O–H groups in total. The quantitative estimate of drug-likeness (QED) is 0.178. The average molecular weight is 313 g/mol. The molecule has 0 aliphatic heterocycles. The maximum Gasteiger partial charge on any atom is 0.190 e. The number of hydrogen-bond acceptors (Lipinski definition) is 1. The van der Waals surface area contributed by atoms with Gasteiger partial charge in [-0.2, -0.15) is 0 Å². The summed E-state index contributed by atoms with van der Waals surface area (Å²) in [6.07, 6.45) is 17.3. The minimum Gasteiger partial charge on any atom is -0.414 e. The Labute approximate surface area is 135 Å². The van der Waals surface area contributed by atoms with Crippen molar-refractivity contribution in [2.24, 2.45) is 0 Å². The first-order valence-electron chi connectivity index (χ1n) is 9.34. The molecule has 0 fully saturated rings. The molecule has 0 aliphatic carbocycles. The fourth-order valence-electron chi connectivity index (χ4n) is 2.88. The monoisotopic (exact) mass is 312 g/mol. The van der Waals surface area contributed by atoms with Crippen LogP contribution in [0.15, 0.2) is 12.7 Å². The highest BCUT2D eigenvalue weighted by atomic mass is 28.4. The van der Waals surface area contributed by atoms with Gasteiger partial charge < -0.3 is 4.43 Å². The van der Waals surface area contributed by atoms with Gasteiger partial charge in [0.1, 0.15) is 0 Å². The molecule has 0 spiro atoms. The molecule has 126 valence electrons. The van der Waals surface area contributed by atoms with E-state index in [1.165, 1.54) is 70.6 Å². The Morgan fingerprint density at radius 2 is 1.33 bits per heavy atom. The summed E-state index contributed by atoms with van der Waals surface area (Å²) in [6, 6.07) is 1.08. The van der Waals surface area contributed by atoms with Crippen molar-refractivity contribution in [3.05, 3.63) is 12.7 Å². The molecule has 1 nitrogen and oxygen atoms in total. The number of allylic oxidation sites excluding steroid dienone is 1. The topological polar surface area (TPSA) is 9.23 Å². The zero-order valence-electron chi connectivity index (χ0n) is 15.3. The van der Waals surface area contributed by atoms with Crippen LogP contribution in [0.3, 0.4) is 0 Å². The summed E-state index contributed by atoms with van der Waals surface area (Å²) in [5.41, 5.74) is 0. The highest BCUT2D eigenvalue weighted by Gasteiger charge is 2.24. The minimum atomic E-state index is -1.53. The maximum absolute atomic E-state index is 6.53. The molecular weight excluding hydrogens is 272 g/mol. The van der Waals surface area contributed by atoms with Crippen LogP contribution in [-0.4, -0.2) is 14.4 Å². The van der Waals surface area contributed by atoms with Gasteiger partial charge in [-0.3, -0.25) is 0 Å². The van der Waals surface area contributed by atoms with Gasteiger partial charge in [0.05, 0.1) is 0 Å². The normalized spacial score (nSPS) is 13.3. The Morgan fingerprint density at radius 1 is 0.857 bits per heavy atom. The summed E-state index contributed by atoms with van der Waals surface area (Å²) >= 11 is 0. The summed E-state index contributed by atoms with van der Waals surface area (Å²) in [6.45, 7) is 13.1. The van der Waals surface area contributed by atoms with Crippen LogP contribution < -0.4 is 0 Å². The molecule has 0 amide bonds. The third-order valence-corrected chi connectivity index (χ3v) is 6.37. The highest BCUT2D eigenvalue weighted by Crippen LogP contribution is 2.22. The van der Waals surface area contributed by atoms with Crippen molar-refractivity contribution in [1.29, 1.82) is 0 Å². The zero-order valence-corrected chi connectivity index (χ0v) is 16.3. The van der Waals surface area contributed by atoms with Crippen molar-refractivity contribution in [3.63, 3.8) is 0 Å². The predicted octanol–water partition coefficient (Wildman–Crippen LogP) is 7.09. The van der Waals surface area contributed by atoms with E-state index >= 15 is 0 Å². The smallest absolute Gasteiger partial charge is 0.190 e. The molecule has 0 heterocycles. The second-order valence-corrected chi connectivity index (χ2v) is 11.2. The number of rotatable bonds is 15. The Bertz CT molecular complexity index is 238. The van der Waals surface area contributed by atoms with Crippen LogP contribution in [0.2, 0.25) is 19.1 Å². The van der Waals surface area contributed by atoms with Crippen molar-refractivity contribution >= 4 is 8.32 Å². The largest absolute Gasteiger partial charge is 0.414 e. The summed E-state index contributed by atoms with van der Waals surface area (Å²) in [7, 11) is -1.53.